The number of nitrogens with zero attached hydrogens (tertiary/aromatic N) is 1. The van der Waals surface area contributed by atoms with Crippen molar-refractivity contribution in [2.45, 2.75) is 0 Å². The van der Waals surface area contributed by atoms with Crippen LogP contribution in [0.15, 0.2) is 59.7 Å². The fourth-order valence-electron chi connectivity index (χ4n) is 2.02. The number of benzene rings is 2. The first-order chi connectivity index (χ1) is 12.5. The van der Waals surface area contributed by atoms with E-state index in [0.717, 1.165) is 6.08 Å². The summed E-state index contributed by atoms with van der Waals surface area (Å²) in [6.07, 6.45) is 3.94. The third-order valence-corrected chi connectivity index (χ3v) is 3.27. The third-order valence-electron chi connectivity index (χ3n) is 3.27. The lowest BCUT2D eigenvalue weighted by Gasteiger charge is -2.02. The first-order valence-electron chi connectivity index (χ1n) is 7.51. The minimum atomic E-state index is -1.58. The van der Waals surface area contributed by atoms with Gasteiger partial charge in [0.15, 0.2) is 0 Å². The smallest absolute Gasteiger partial charge is 0.423 e. The molecule has 132 valence electrons. The van der Waals surface area contributed by atoms with Gasteiger partial charge >= 0.3 is 7.12 Å². The number of carbonyl (C=O) groups is 2. The summed E-state index contributed by atoms with van der Waals surface area (Å²) in [5.41, 5.74) is 5.65. The third kappa shape index (κ3) is 5.67. The largest absolute Gasteiger partial charge is 0.488 e. The Balaban J connectivity index is 2.02. The molecule has 0 spiro atoms. The summed E-state index contributed by atoms with van der Waals surface area (Å²) in [5, 5.41) is 30.5. The normalized spacial score (nSPS) is 10.9. The molecule has 0 aromatic heterocycles. The van der Waals surface area contributed by atoms with Crippen molar-refractivity contribution in [3.05, 3.63) is 71.3 Å². The molecule has 2 aromatic rings. The number of hydroxylamine groups is 1. The Morgan fingerprint density at radius 1 is 1.04 bits per heavy atom. The van der Waals surface area contributed by atoms with Crippen molar-refractivity contribution >= 4 is 36.7 Å². The summed E-state index contributed by atoms with van der Waals surface area (Å²) in [6.45, 7) is 0. The van der Waals surface area contributed by atoms with Crippen LogP contribution in [0.25, 0.3) is 6.08 Å². The van der Waals surface area contributed by atoms with Crippen LogP contribution in [-0.2, 0) is 4.79 Å². The molecule has 0 atom stereocenters. The van der Waals surface area contributed by atoms with Crippen molar-refractivity contribution in [2.75, 3.05) is 0 Å². The number of amides is 2. The van der Waals surface area contributed by atoms with Gasteiger partial charge in [-0.25, -0.2) is 10.9 Å². The van der Waals surface area contributed by atoms with E-state index in [4.69, 9.17) is 15.3 Å². The highest BCUT2D eigenvalue weighted by Crippen LogP contribution is 2.07. The van der Waals surface area contributed by atoms with Crippen LogP contribution < -0.4 is 16.4 Å². The van der Waals surface area contributed by atoms with Gasteiger partial charge in [0.2, 0.25) is 0 Å². The lowest BCUT2D eigenvalue weighted by molar-refractivity contribution is -0.124. The van der Waals surface area contributed by atoms with Crippen LogP contribution in [0.3, 0.4) is 0 Å². The van der Waals surface area contributed by atoms with E-state index in [-0.39, 0.29) is 0 Å². The number of hydrogen-bond acceptors (Lipinski definition) is 6. The molecule has 26 heavy (non-hydrogen) atoms. The molecular weight excluding hydrogens is 337 g/mol. The molecule has 0 unspecified atom stereocenters. The van der Waals surface area contributed by atoms with Gasteiger partial charge in [0.1, 0.15) is 0 Å². The second kappa shape index (κ2) is 9.28. The van der Waals surface area contributed by atoms with E-state index in [0.29, 0.717) is 22.2 Å². The monoisotopic (exact) mass is 353 g/mol. The standard InChI is InChI=1S/C17H16BN3O5/c22-16(21-26)8-7-12-3-1-5-14(9-12)17(23)20-19-11-13-4-2-6-15(10-13)18(24)25/h1-11,24-26H,(H,20,23)(H,21,22)/b8-7+,19-11+. The molecule has 5 N–H and O–H groups in total. The van der Waals surface area contributed by atoms with Crippen LogP contribution in [0.4, 0.5) is 0 Å². The average Bonchev–Trinajstić information content (AvgIpc) is 2.66. The predicted molar refractivity (Wildman–Crippen MR) is 96.7 cm³/mol. The van der Waals surface area contributed by atoms with Crippen molar-refractivity contribution < 1.29 is 24.8 Å². The summed E-state index contributed by atoms with van der Waals surface area (Å²) in [7, 11) is -1.58. The molecule has 0 aliphatic carbocycles. The minimum Gasteiger partial charge on any atom is -0.423 e. The maximum absolute atomic E-state index is 12.1. The van der Waals surface area contributed by atoms with E-state index in [1.165, 1.54) is 23.8 Å². The SMILES string of the molecule is O=C(/C=C/c1cccc(C(=O)N/N=C/c2cccc(B(O)O)c2)c1)NO. The van der Waals surface area contributed by atoms with E-state index in [2.05, 4.69) is 10.5 Å². The van der Waals surface area contributed by atoms with Gasteiger partial charge in [0.05, 0.1) is 6.21 Å². The Hall–Kier alpha value is -3.27. The van der Waals surface area contributed by atoms with Gasteiger partial charge < -0.3 is 10.0 Å². The van der Waals surface area contributed by atoms with Crippen molar-refractivity contribution in [1.82, 2.24) is 10.9 Å². The van der Waals surface area contributed by atoms with Crippen molar-refractivity contribution in [1.29, 1.82) is 0 Å². The zero-order valence-electron chi connectivity index (χ0n) is 13.5. The fourth-order valence-corrected chi connectivity index (χ4v) is 2.02. The van der Waals surface area contributed by atoms with E-state index < -0.39 is 18.9 Å². The molecule has 0 aliphatic heterocycles. The molecule has 2 aromatic carbocycles. The number of carbonyl (C=O) groups excluding carboxylic acids is 2. The molecule has 0 fully saturated rings. The van der Waals surface area contributed by atoms with Crippen LogP contribution in [0.2, 0.25) is 0 Å². The van der Waals surface area contributed by atoms with Crippen LogP contribution in [0.1, 0.15) is 21.5 Å². The van der Waals surface area contributed by atoms with E-state index >= 15 is 0 Å². The van der Waals surface area contributed by atoms with Gasteiger partial charge in [-0.3, -0.25) is 14.8 Å². The van der Waals surface area contributed by atoms with Gasteiger partial charge in [0.25, 0.3) is 11.8 Å². The summed E-state index contributed by atoms with van der Waals surface area (Å²) in [6, 6.07) is 12.9. The molecule has 0 radical (unpaired) electrons. The van der Waals surface area contributed by atoms with Crippen LogP contribution in [-0.4, -0.2) is 40.4 Å². The molecule has 9 heteroatoms. The molecule has 0 saturated carbocycles. The number of hydrogen-bond donors (Lipinski definition) is 5. The number of rotatable bonds is 6. The van der Waals surface area contributed by atoms with E-state index in [1.54, 1.807) is 42.5 Å². The summed E-state index contributed by atoms with van der Waals surface area (Å²) in [5.74, 6) is -1.14. The quantitative estimate of drug-likeness (QED) is 0.159. The minimum absolute atomic E-state index is 0.312. The lowest BCUT2D eigenvalue weighted by atomic mass is 9.80. The van der Waals surface area contributed by atoms with Crippen molar-refractivity contribution in [2.24, 2.45) is 5.10 Å². The zero-order valence-corrected chi connectivity index (χ0v) is 13.5. The number of hydrazone groups is 1. The Kier molecular flexibility index (Phi) is 6.80. The Morgan fingerprint density at radius 2 is 1.77 bits per heavy atom. The lowest BCUT2D eigenvalue weighted by Crippen LogP contribution is -2.29. The average molecular weight is 353 g/mol. The molecule has 0 aliphatic rings. The molecule has 8 nitrogen and oxygen atoms in total. The van der Waals surface area contributed by atoms with Gasteiger partial charge in [-0.2, -0.15) is 5.10 Å². The van der Waals surface area contributed by atoms with Gasteiger partial charge in [-0.15, -0.1) is 0 Å². The molecule has 0 heterocycles. The summed E-state index contributed by atoms with van der Waals surface area (Å²) in [4.78, 5) is 23.1. The van der Waals surface area contributed by atoms with E-state index in [1.807, 2.05) is 0 Å². The Labute approximate surface area is 149 Å². The summed E-state index contributed by atoms with van der Waals surface area (Å²) >= 11 is 0. The maximum Gasteiger partial charge on any atom is 0.488 e. The predicted octanol–water partition coefficient (Wildman–Crippen LogP) is -0.351. The van der Waals surface area contributed by atoms with Gasteiger partial charge in [-0.1, -0.05) is 36.4 Å². The van der Waals surface area contributed by atoms with Gasteiger partial charge in [0, 0.05) is 11.6 Å². The van der Waals surface area contributed by atoms with Gasteiger partial charge in [-0.05, 0) is 34.8 Å². The highest BCUT2D eigenvalue weighted by Gasteiger charge is 2.10. The fraction of sp³-hybridized carbons (Fsp3) is 0. The highest BCUT2D eigenvalue weighted by molar-refractivity contribution is 6.58. The second-order valence-corrected chi connectivity index (χ2v) is 5.18. The first kappa shape index (κ1) is 19.1. The van der Waals surface area contributed by atoms with Crippen LogP contribution in [0.5, 0.6) is 0 Å². The topological polar surface area (TPSA) is 131 Å². The summed E-state index contributed by atoms with van der Waals surface area (Å²) < 4.78 is 0. The molecular formula is C17H16BN3O5. The second-order valence-electron chi connectivity index (χ2n) is 5.18. The molecule has 0 bridgehead atoms. The highest BCUT2D eigenvalue weighted by atomic mass is 16.5. The van der Waals surface area contributed by atoms with Crippen molar-refractivity contribution in [3.8, 4) is 0 Å². The van der Waals surface area contributed by atoms with Crippen molar-refractivity contribution in [3.63, 3.8) is 0 Å². The van der Waals surface area contributed by atoms with E-state index in [9.17, 15) is 9.59 Å². The molecule has 2 amide bonds. The molecule has 0 saturated heterocycles. The Morgan fingerprint density at radius 3 is 2.50 bits per heavy atom. The Bertz CT molecular complexity index is 852. The van der Waals surface area contributed by atoms with Crippen LogP contribution >= 0.6 is 0 Å². The number of nitrogens with one attached hydrogen (secondary N) is 2. The maximum atomic E-state index is 12.1. The first-order valence-corrected chi connectivity index (χ1v) is 7.51. The zero-order chi connectivity index (χ0) is 18.9. The molecule has 2 rings (SSSR count). The van der Waals surface area contributed by atoms with Crippen LogP contribution in [0, 0.1) is 0 Å².